The Hall–Kier alpha value is -1.59. The van der Waals surface area contributed by atoms with Gasteiger partial charge in [-0.2, -0.15) is 0 Å². The number of likely N-dealkylation sites (tertiary alicyclic amines) is 1. The first kappa shape index (κ1) is 15.5. The van der Waals surface area contributed by atoms with Crippen molar-refractivity contribution in [2.45, 2.75) is 26.7 Å². The summed E-state index contributed by atoms with van der Waals surface area (Å²) in [5, 5.41) is 8.59. The van der Waals surface area contributed by atoms with Crippen molar-refractivity contribution in [2.24, 2.45) is 11.8 Å². The third-order valence-electron chi connectivity index (χ3n) is 3.19. The van der Waals surface area contributed by atoms with E-state index in [1.807, 2.05) is 13.8 Å². The molecule has 0 aliphatic carbocycles. The molecule has 1 rings (SSSR count). The molecule has 1 fully saturated rings. The summed E-state index contributed by atoms with van der Waals surface area (Å²) in [6.45, 7) is 5.36. The average molecular weight is 270 g/mol. The zero-order valence-corrected chi connectivity index (χ0v) is 11.8. The van der Waals surface area contributed by atoms with Gasteiger partial charge in [-0.25, -0.2) is 0 Å². The van der Waals surface area contributed by atoms with Crippen LogP contribution in [0.4, 0.5) is 0 Å². The predicted molar refractivity (Wildman–Crippen MR) is 69.4 cm³/mol. The van der Waals surface area contributed by atoms with Gasteiger partial charge in [-0.3, -0.25) is 14.4 Å². The standard InChI is InChI=1S/C13H22N2O4/c1-9(2)7-15-8-10(6-11(15)16)13(19)14(3)5-4-12(17)18/h9-10H,4-8H2,1-3H3,(H,17,18). The summed E-state index contributed by atoms with van der Waals surface area (Å²) in [6.07, 6.45) is 0.168. The van der Waals surface area contributed by atoms with Crippen molar-refractivity contribution in [3.8, 4) is 0 Å². The molecular weight excluding hydrogens is 248 g/mol. The van der Waals surface area contributed by atoms with Crippen molar-refractivity contribution in [3.63, 3.8) is 0 Å². The summed E-state index contributed by atoms with van der Waals surface area (Å²) in [5.74, 6) is -1.00. The van der Waals surface area contributed by atoms with Gasteiger partial charge < -0.3 is 14.9 Å². The fourth-order valence-electron chi connectivity index (χ4n) is 2.24. The van der Waals surface area contributed by atoms with Gasteiger partial charge >= 0.3 is 5.97 Å². The fourth-order valence-corrected chi connectivity index (χ4v) is 2.24. The lowest BCUT2D eigenvalue weighted by molar-refractivity contribution is -0.139. The Kier molecular flexibility index (Phi) is 5.32. The molecular formula is C13H22N2O4. The lowest BCUT2D eigenvalue weighted by Gasteiger charge is -2.21. The molecule has 0 aromatic heterocycles. The second-order valence-electron chi connectivity index (χ2n) is 5.50. The highest BCUT2D eigenvalue weighted by atomic mass is 16.4. The van der Waals surface area contributed by atoms with Gasteiger partial charge in [0.1, 0.15) is 0 Å². The van der Waals surface area contributed by atoms with E-state index >= 15 is 0 Å². The van der Waals surface area contributed by atoms with E-state index in [0.717, 1.165) is 0 Å². The Balaban J connectivity index is 2.50. The molecule has 1 saturated heterocycles. The van der Waals surface area contributed by atoms with Gasteiger partial charge in [-0.1, -0.05) is 13.8 Å². The van der Waals surface area contributed by atoms with Crippen LogP contribution in [0.15, 0.2) is 0 Å². The Labute approximate surface area is 113 Å². The Bertz CT molecular complexity index is 368. The zero-order valence-electron chi connectivity index (χ0n) is 11.8. The van der Waals surface area contributed by atoms with Crippen molar-refractivity contribution < 1.29 is 19.5 Å². The first-order chi connectivity index (χ1) is 8.81. The fraction of sp³-hybridized carbons (Fsp3) is 0.769. The van der Waals surface area contributed by atoms with Crippen molar-refractivity contribution >= 4 is 17.8 Å². The van der Waals surface area contributed by atoms with E-state index in [1.165, 1.54) is 4.90 Å². The highest BCUT2D eigenvalue weighted by molar-refractivity contribution is 5.89. The number of carboxylic acids is 1. The number of aliphatic carboxylic acids is 1. The van der Waals surface area contributed by atoms with E-state index < -0.39 is 5.97 Å². The molecule has 0 bridgehead atoms. The van der Waals surface area contributed by atoms with Crippen LogP contribution in [0.5, 0.6) is 0 Å². The van der Waals surface area contributed by atoms with Gasteiger partial charge in [-0.05, 0) is 5.92 Å². The molecule has 1 aliphatic heterocycles. The van der Waals surface area contributed by atoms with Crippen molar-refractivity contribution in [3.05, 3.63) is 0 Å². The predicted octanol–water partition coefficient (Wildman–Crippen LogP) is 0.424. The molecule has 6 heteroatoms. The highest BCUT2D eigenvalue weighted by Gasteiger charge is 2.35. The van der Waals surface area contributed by atoms with E-state index in [9.17, 15) is 14.4 Å². The van der Waals surface area contributed by atoms with Crippen LogP contribution < -0.4 is 0 Å². The molecule has 0 saturated carbocycles. The van der Waals surface area contributed by atoms with Crippen LogP contribution in [0.1, 0.15) is 26.7 Å². The number of amides is 2. The first-order valence-electron chi connectivity index (χ1n) is 6.55. The molecule has 1 aliphatic rings. The number of hydrogen-bond donors (Lipinski definition) is 1. The smallest absolute Gasteiger partial charge is 0.305 e. The van der Waals surface area contributed by atoms with Crippen molar-refractivity contribution in [2.75, 3.05) is 26.7 Å². The number of nitrogens with zero attached hydrogens (tertiary/aromatic N) is 2. The van der Waals surface area contributed by atoms with Crippen LogP contribution in [0.2, 0.25) is 0 Å². The monoisotopic (exact) mass is 270 g/mol. The highest BCUT2D eigenvalue weighted by Crippen LogP contribution is 2.20. The van der Waals surface area contributed by atoms with E-state index in [0.29, 0.717) is 19.0 Å². The molecule has 0 aromatic rings. The minimum atomic E-state index is -0.927. The quantitative estimate of drug-likeness (QED) is 0.759. The molecule has 2 amide bonds. The summed E-state index contributed by atoms with van der Waals surface area (Å²) < 4.78 is 0. The van der Waals surface area contributed by atoms with Gasteiger partial charge in [0.25, 0.3) is 0 Å². The lowest BCUT2D eigenvalue weighted by Crippen LogP contribution is -2.36. The lowest BCUT2D eigenvalue weighted by atomic mass is 10.1. The molecule has 0 radical (unpaired) electrons. The van der Waals surface area contributed by atoms with Gasteiger partial charge in [0.15, 0.2) is 0 Å². The molecule has 19 heavy (non-hydrogen) atoms. The average Bonchev–Trinajstić information content (AvgIpc) is 2.66. The van der Waals surface area contributed by atoms with Gasteiger partial charge in [0.2, 0.25) is 11.8 Å². The molecule has 1 unspecified atom stereocenters. The topological polar surface area (TPSA) is 77.9 Å². The van der Waals surface area contributed by atoms with E-state index in [1.54, 1.807) is 11.9 Å². The van der Waals surface area contributed by atoms with Gasteiger partial charge in [0, 0.05) is 33.1 Å². The van der Waals surface area contributed by atoms with E-state index in [4.69, 9.17) is 5.11 Å². The summed E-state index contributed by atoms with van der Waals surface area (Å²) in [6, 6.07) is 0. The van der Waals surface area contributed by atoms with Crippen LogP contribution in [0.3, 0.4) is 0 Å². The van der Waals surface area contributed by atoms with Crippen LogP contribution in [0.25, 0.3) is 0 Å². The number of rotatable bonds is 6. The molecule has 6 nitrogen and oxygen atoms in total. The van der Waals surface area contributed by atoms with Crippen LogP contribution >= 0.6 is 0 Å². The third-order valence-corrected chi connectivity index (χ3v) is 3.19. The maximum absolute atomic E-state index is 12.1. The summed E-state index contributed by atoms with van der Waals surface area (Å²) in [5.41, 5.74) is 0. The number of hydrogen-bond acceptors (Lipinski definition) is 3. The van der Waals surface area contributed by atoms with E-state index in [-0.39, 0.29) is 37.1 Å². The normalized spacial score (nSPS) is 19.1. The van der Waals surface area contributed by atoms with Gasteiger partial charge in [-0.15, -0.1) is 0 Å². The molecule has 0 aromatic carbocycles. The van der Waals surface area contributed by atoms with Crippen molar-refractivity contribution in [1.29, 1.82) is 0 Å². The molecule has 1 N–H and O–H groups in total. The minimum Gasteiger partial charge on any atom is -0.481 e. The number of carbonyl (C=O) groups excluding carboxylic acids is 2. The number of carboxylic acid groups (broad SMARTS) is 1. The Morgan fingerprint density at radius 3 is 2.63 bits per heavy atom. The zero-order chi connectivity index (χ0) is 14.6. The maximum atomic E-state index is 12.1. The molecule has 1 heterocycles. The summed E-state index contributed by atoms with van der Waals surface area (Å²) in [4.78, 5) is 37.5. The third kappa shape index (κ3) is 4.54. The molecule has 1 atom stereocenters. The Morgan fingerprint density at radius 2 is 2.11 bits per heavy atom. The second-order valence-corrected chi connectivity index (χ2v) is 5.50. The van der Waals surface area contributed by atoms with Gasteiger partial charge in [0.05, 0.1) is 12.3 Å². The van der Waals surface area contributed by atoms with Crippen LogP contribution in [-0.4, -0.2) is 59.4 Å². The van der Waals surface area contributed by atoms with Crippen molar-refractivity contribution in [1.82, 2.24) is 9.80 Å². The molecule has 108 valence electrons. The number of carbonyl (C=O) groups is 3. The van der Waals surface area contributed by atoms with E-state index in [2.05, 4.69) is 0 Å². The minimum absolute atomic E-state index is 0.0127. The molecule has 0 spiro atoms. The largest absolute Gasteiger partial charge is 0.481 e. The van der Waals surface area contributed by atoms with Crippen LogP contribution in [-0.2, 0) is 14.4 Å². The SMILES string of the molecule is CC(C)CN1CC(C(=O)N(C)CCC(=O)O)CC1=O. The Morgan fingerprint density at radius 1 is 1.47 bits per heavy atom. The maximum Gasteiger partial charge on any atom is 0.305 e. The van der Waals surface area contributed by atoms with Crippen LogP contribution in [0, 0.1) is 11.8 Å². The first-order valence-corrected chi connectivity index (χ1v) is 6.55. The summed E-state index contributed by atoms with van der Waals surface area (Å²) >= 11 is 0. The summed E-state index contributed by atoms with van der Waals surface area (Å²) in [7, 11) is 1.58. The second kappa shape index (κ2) is 6.54.